The van der Waals surface area contributed by atoms with Crippen molar-refractivity contribution in [3.05, 3.63) is 23.8 Å². The molecule has 0 amide bonds. The van der Waals surface area contributed by atoms with Crippen molar-refractivity contribution in [2.75, 3.05) is 14.2 Å². The number of ether oxygens (including phenoxy) is 2. The Balaban J connectivity index is 2.67. The summed E-state index contributed by atoms with van der Waals surface area (Å²) in [4.78, 5) is 10.6. The molecule has 0 bridgehead atoms. The van der Waals surface area contributed by atoms with Crippen LogP contribution in [-0.4, -0.2) is 30.5 Å². The molecule has 5 heteroatoms. The predicted molar refractivity (Wildman–Crippen MR) is 72.6 cm³/mol. The summed E-state index contributed by atoms with van der Waals surface area (Å²) in [5.74, 6) is 1.50. The Morgan fingerprint density at radius 1 is 1.39 bits per heavy atom. The normalized spacial score (nSPS) is 11.9. The number of thioether (sulfide) groups is 1. The van der Waals surface area contributed by atoms with Crippen LogP contribution in [-0.2, 0) is 10.5 Å². The van der Waals surface area contributed by atoms with Gasteiger partial charge in [-0.25, -0.2) is 0 Å². The van der Waals surface area contributed by atoms with E-state index >= 15 is 0 Å². The Morgan fingerprint density at radius 3 is 2.67 bits per heavy atom. The highest BCUT2D eigenvalue weighted by Crippen LogP contribution is 2.29. The first-order valence-corrected chi connectivity index (χ1v) is 6.66. The maximum atomic E-state index is 10.6. The zero-order valence-corrected chi connectivity index (χ0v) is 11.6. The molecular formula is C13H18O4S. The standard InChI is InChI=1S/C13H18O4S/c1-9(6-13(14)15)18-8-10-7-11(16-2)4-5-12(10)17-3/h4-5,7,9H,6,8H2,1-3H3,(H,14,15). The van der Waals surface area contributed by atoms with Crippen molar-refractivity contribution in [3.63, 3.8) is 0 Å². The minimum Gasteiger partial charge on any atom is -0.497 e. The molecule has 4 nitrogen and oxygen atoms in total. The van der Waals surface area contributed by atoms with Crippen LogP contribution in [0.25, 0.3) is 0 Å². The first kappa shape index (κ1) is 14.7. The van der Waals surface area contributed by atoms with Crippen molar-refractivity contribution < 1.29 is 19.4 Å². The summed E-state index contributed by atoms with van der Waals surface area (Å²) in [6.07, 6.45) is 0.164. The molecule has 0 aromatic heterocycles. The summed E-state index contributed by atoms with van der Waals surface area (Å²) in [5, 5.41) is 8.77. The molecule has 0 aliphatic heterocycles. The van der Waals surface area contributed by atoms with Crippen LogP contribution in [0.15, 0.2) is 18.2 Å². The minimum atomic E-state index is -0.771. The highest BCUT2D eigenvalue weighted by molar-refractivity contribution is 7.99. The van der Waals surface area contributed by atoms with E-state index in [2.05, 4.69) is 0 Å². The molecule has 0 saturated heterocycles. The van der Waals surface area contributed by atoms with Crippen LogP contribution in [0.1, 0.15) is 18.9 Å². The Hall–Kier alpha value is -1.36. The van der Waals surface area contributed by atoms with E-state index in [-0.39, 0.29) is 11.7 Å². The van der Waals surface area contributed by atoms with Gasteiger partial charge >= 0.3 is 5.97 Å². The van der Waals surface area contributed by atoms with Crippen molar-refractivity contribution in [2.45, 2.75) is 24.3 Å². The second kappa shape index (κ2) is 7.16. The number of rotatable bonds is 7. The van der Waals surface area contributed by atoms with Gasteiger partial charge in [0.25, 0.3) is 0 Å². The maximum absolute atomic E-state index is 10.6. The van der Waals surface area contributed by atoms with Gasteiger partial charge in [0.2, 0.25) is 0 Å². The van der Waals surface area contributed by atoms with Gasteiger partial charge < -0.3 is 14.6 Å². The smallest absolute Gasteiger partial charge is 0.304 e. The fourth-order valence-electron chi connectivity index (χ4n) is 1.53. The van der Waals surface area contributed by atoms with Crippen LogP contribution in [0, 0.1) is 0 Å². The van der Waals surface area contributed by atoms with Crippen LogP contribution < -0.4 is 9.47 Å². The van der Waals surface area contributed by atoms with Gasteiger partial charge in [0.05, 0.1) is 20.6 Å². The summed E-state index contributed by atoms with van der Waals surface area (Å²) < 4.78 is 10.4. The molecule has 1 rings (SSSR count). The van der Waals surface area contributed by atoms with Gasteiger partial charge in [0.15, 0.2) is 0 Å². The molecule has 0 saturated carbocycles. The molecule has 1 unspecified atom stereocenters. The van der Waals surface area contributed by atoms with Crippen molar-refractivity contribution in [3.8, 4) is 11.5 Å². The summed E-state index contributed by atoms with van der Waals surface area (Å²) in [5.41, 5.74) is 1.01. The molecule has 0 heterocycles. The van der Waals surface area contributed by atoms with Gasteiger partial charge in [0, 0.05) is 16.6 Å². The topological polar surface area (TPSA) is 55.8 Å². The van der Waals surface area contributed by atoms with E-state index in [4.69, 9.17) is 14.6 Å². The monoisotopic (exact) mass is 270 g/mol. The molecule has 1 atom stereocenters. The molecule has 18 heavy (non-hydrogen) atoms. The summed E-state index contributed by atoms with van der Waals surface area (Å²) in [6.45, 7) is 1.91. The second-order valence-electron chi connectivity index (χ2n) is 3.90. The Labute approximate surface area is 111 Å². The number of benzene rings is 1. The fraction of sp³-hybridized carbons (Fsp3) is 0.462. The van der Waals surface area contributed by atoms with Crippen LogP contribution in [0.3, 0.4) is 0 Å². The van der Waals surface area contributed by atoms with Gasteiger partial charge in [-0.2, -0.15) is 11.8 Å². The molecule has 0 radical (unpaired) electrons. The van der Waals surface area contributed by atoms with E-state index in [0.29, 0.717) is 5.75 Å². The third-order valence-electron chi connectivity index (χ3n) is 2.47. The van der Waals surface area contributed by atoms with Crippen molar-refractivity contribution >= 4 is 17.7 Å². The number of hydrogen-bond acceptors (Lipinski definition) is 4. The minimum absolute atomic E-state index is 0.0680. The number of methoxy groups -OCH3 is 2. The van der Waals surface area contributed by atoms with Crippen molar-refractivity contribution in [2.24, 2.45) is 0 Å². The number of hydrogen-bond donors (Lipinski definition) is 1. The van der Waals surface area contributed by atoms with E-state index in [1.807, 2.05) is 25.1 Å². The first-order chi connectivity index (χ1) is 8.56. The molecule has 0 fully saturated rings. The number of carbonyl (C=O) groups is 1. The third-order valence-corrected chi connectivity index (χ3v) is 3.69. The number of carboxylic acids is 1. The van der Waals surface area contributed by atoms with Gasteiger partial charge in [0.1, 0.15) is 11.5 Å². The molecule has 100 valence electrons. The van der Waals surface area contributed by atoms with Crippen molar-refractivity contribution in [1.82, 2.24) is 0 Å². The molecule has 1 aromatic rings. The Bertz CT molecular complexity index is 406. The Morgan fingerprint density at radius 2 is 2.11 bits per heavy atom. The predicted octanol–water partition coefficient (Wildman–Crippen LogP) is 2.80. The van der Waals surface area contributed by atoms with E-state index < -0.39 is 5.97 Å². The van der Waals surface area contributed by atoms with E-state index in [0.717, 1.165) is 17.1 Å². The average molecular weight is 270 g/mol. The zero-order valence-electron chi connectivity index (χ0n) is 10.8. The molecule has 0 aliphatic rings. The number of carboxylic acid groups (broad SMARTS) is 1. The molecule has 0 aliphatic carbocycles. The lowest BCUT2D eigenvalue weighted by molar-refractivity contribution is -0.136. The SMILES string of the molecule is COc1ccc(OC)c(CSC(C)CC(=O)O)c1. The number of aliphatic carboxylic acids is 1. The lowest BCUT2D eigenvalue weighted by atomic mass is 10.2. The van der Waals surface area contributed by atoms with Gasteiger partial charge in [-0.3, -0.25) is 4.79 Å². The van der Waals surface area contributed by atoms with E-state index in [1.54, 1.807) is 26.0 Å². The summed E-state index contributed by atoms with van der Waals surface area (Å²) in [7, 11) is 3.24. The summed E-state index contributed by atoms with van der Waals surface area (Å²) in [6, 6.07) is 5.61. The largest absolute Gasteiger partial charge is 0.497 e. The molecule has 0 spiro atoms. The van der Waals surface area contributed by atoms with Gasteiger partial charge in [-0.15, -0.1) is 0 Å². The van der Waals surface area contributed by atoms with Crippen molar-refractivity contribution in [1.29, 1.82) is 0 Å². The van der Waals surface area contributed by atoms with Crippen LogP contribution in [0.2, 0.25) is 0 Å². The zero-order chi connectivity index (χ0) is 13.5. The Kier molecular flexibility index (Phi) is 5.85. The van der Waals surface area contributed by atoms with Crippen LogP contribution in [0.5, 0.6) is 11.5 Å². The highest BCUT2D eigenvalue weighted by Gasteiger charge is 2.11. The first-order valence-electron chi connectivity index (χ1n) is 5.61. The third kappa shape index (κ3) is 4.49. The highest BCUT2D eigenvalue weighted by atomic mass is 32.2. The molecule has 1 aromatic carbocycles. The van der Waals surface area contributed by atoms with Gasteiger partial charge in [-0.05, 0) is 18.2 Å². The van der Waals surface area contributed by atoms with Crippen LogP contribution in [0.4, 0.5) is 0 Å². The van der Waals surface area contributed by atoms with E-state index in [1.165, 1.54) is 0 Å². The van der Waals surface area contributed by atoms with E-state index in [9.17, 15) is 4.79 Å². The van der Waals surface area contributed by atoms with Gasteiger partial charge in [-0.1, -0.05) is 6.92 Å². The molecule has 1 N–H and O–H groups in total. The van der Waals surface area contributed by atoms with Crippen LogP contribution >= 0.6 is 11.8 Å². The molecular weight excluding hydrogens is 252 g/mol. The quantitative estimate of drug-likeness (QED) is 0.825. The lowest BCUT2D eigenvalue weighted by Gasteiger charge is -2.12. The second-order valence-corrected chi connectivity index (χ2v) is 5.32. The fourth-order valence-corrected chi connectivity index (χ4v) is 2.48. The lowest BCUT2D eigenvalue weighted by Crippen LogP contribution is -2.06. The summed E-state index contributed by atoms with van der Waals surface area (Å²) >= 11 is 1.59. The average Bonchev–Trinajstić information content (AvgIpc) is 2.35. The maximum Gasteiger partial charge on any atom is 0.304 e.